The molecule has 0 unspecified atom stereocenters. The highest BCUT2D eigenvalue weighted by Crippen LogP contribution is 2.41. The van der Waals surface area contributed by atoms with Crippen LogP contribution < -0.4 is 43.1 Å². The van der Waals surface area contributed by atoms with Gasteiger partial charge in [0.25, 0.3) is 22.2 Å². The molecule has 0 spiro atoms. The van der Waals surface area contributed by atoms with Gasteiger partial charge in [0.05, 0.1) is 42.6 Å². The molecule has 4 aromatic carbocycles. The van der Waals surface area contributed by atoms with Gasteiger partial charge in [-0.05, 0) is 109 Å². The second kappa shape index (κ2) is 19.5. The number of nitrogens with zero attached hydrogens (tertiary/aromatic N) is 6. The molecule has 0 amide bonds. The Morgan fingerprint density at radius 3 is 1.46 bits per heavy atom. The van der Waals surface area contributed by atoms with Crippen molar-refractivity contribution in [1.29, 1.82) is 0 Å². The van der Waals surface area contributed by atoms with Gasteiger partial charge in [-0.2, -0.15) is 19.6 Å². The average Bonchev–Trinajstić information content (AvgIpc) is 3.32. The number of H-pyrrole nitrogens is 4. The molecule has 4 N–H and O–H groups in total. The van der Waals surface area contributed by atoms with Gasteiger partial charge in [0.15, 0.2) is 11.5 Å². The van der Waals surface area contributed by atoms with Crippen LogP contribution in [0.1, 0.15) is 47.9 Å². The van der Waals surface area contributed by atoms with Crippen molar-refractivity contribution in [3.63, 3.8) is 0 Å². The van der Waals surface area contributed by atoms with Gasteiger partial charge in [-0.15, -0.1) is 10.2 Å². The Morgan fingerprint density at radius 2 is 0.956 bits per heavy atom. The number of aromatic nitrogens is 10. The van der Waals surface area contributed by atoms with E-state index in [0.29, 0.717) is 11.1 Å². The van der Waals surface area contributed by atoms with Crippen molar-refractivity contribution in [1.82, 2.24) is 49.9 Å². The monoisotopic (exact) mass is 994 g/mol. The molecule has 8 aromatic rings. The van der Waals surface area contributed by atoms with Crippen LogP contribution in [-0.4, -0.2) is 49.9 Å². The molecule has 4 heterocycles. The van der Waals surface area contributed by atoms with Crippen LogP contribution in [0, 0.1) is 0 Å². The number of aryl methyl sites for hydroxylation is 4. The van der Waals surface area contributed by atoms with Gasteiger partial charge in [-0.25, -0.2) is 19.8 Å². The number of ether oxygens (including phenoxy) is 2. The maximum atomic E-state index is 12.5. The summed E-state index contributed by atoms with van der Waals surface area (Å²) in [6, 6.07) is 20.7. The minimum Gasteiger partial charge on any atom is -0.434 e. The van der Waals surface area contributed by atoms with E-state index in [2.05, 4.69) is 58.8 Å². The highest BCUT2D eigenvalue weighted by Gasteiger charge is 2.20. The fraction of sp³-hybridized carbons (Fsp3) is 0.174. The van der Waals surface area contributed by atoms with Crippen molar-refractivity contribution in [2.24, 2.45) is 0 Å². The fourth-order valence-electron chi connectivity index (χ4n) is 7.94. The molecular weight excluding hydrogens is 962 g/mol. The molecule has 0 saturated heterocycles. The van der Waals surface area contributed by atoms with Crippen LogP contribution in [0.4, 0.5) is 0 Å². The van der Waals surface area contributed by atoms with Gasteiger partial charge in [0.1, 0.15) is 12.4 Å². The van der Waals surface area contributed by atoms with E-state index in [1.54, 1.807) is 0 Å². The summed E-state index contributed by atoms with van der Waals surface area (Å²) < 4.78 is 13.6. The second-order valence-electron chi connectivity index (χ2n) is 15.7. The minimum absolute atomic E-state index is 0.0748. The highest BCUT2D eigenvalue weighted by atomic mass is 35.5. The quantitative estimate of drug-likeness (QED) is 0.117. The van der Waals surface area contributed by atoms with Crippen molar-refractivity contribution in [3.05, 3.63) is 190 Å². The van der Waals surface area contributed by atoms with Crippen molar-refractivity contribution >= 4 is 46.4 Å². The van der Waals surface area contributed by atoms with Crippen LogP contribution in [-0.2, 0) is 25.7 Å². The summed E-state index contributed by atoms with van der Waals surface area (Å²) in [5, 5.41) is 20.7. The molecule has 68 heavy (non-hydrogen) atoms. The lowest BCUT2D eigenvalue weighted by atomic mass is 9.89. The third-order valence-electron chi connectivity index (χ3n) is 11.2. The first-order valence-corrected chi connectivity index (χ1v) is 22.4. The van der Waals surface area contributed by atoms with Gasteiger partial charge in [-0.3, -0.25) is 29.1 Å². The number of aromatic amines is 4. The summed E-state index contributed by atoms with van der Waals surface area (Å²) in [7, 11) is 0. The molecule has 0 saturated carbocycles. The molecule has 0 atom stereocenters. The number of hydrogen-bond acceptors (Lipinski definition) is 12. The zero-order valence-corrected chi connectivity index (χ0v) is 38.2. The van der Waals surface area contributed by atoms with Gasteiger partial charge in [0.2, 0.25) is 11.8 Å². The van der Waals surface area contributed by atoms with Crippen LogP contribution >= 0.6 is 46.4 Å². The second-order valence-corrected chi connectivity index (χ2v) is 17.3. The van der Waals surface area contributed by atoms with Crippen LogP contribution in [0.2, 0.25) is 20.1 Å². The van der Waals surface area contributed by atoms with Crippen molar-refractivity contribution < 1.29 is 9.47 Å². The van der Waals surface area contributed by atoms with Gasteiger partial charge in [-0.1, -0.05) is 82.8 Å². The van der Waals surface area contributed by atoms with E-state index in [-0.39, 0.29) is 65.8 Å². The molecule has 0 aliphatic heterocycles. The third-order valence-corrected chi connectivity index (χ3v) is 12.3. The molecule has 18 nitrogen and oxygen atoms in total. The molecule has 4 aromatic heterocycles. The summed E-state index contributed by atoms with van der Waals surface area (Å²) in [6.07, 6.45) is 10.6. The topological polar surface area (TPSA) is 245 Å². The largest absolute Gasteiger partial charge is 0.434 e. The Balaban J connectivity index is 0.000000170. The Bertz CT molecular complexity index is 3610. The average molecular weight is 997 g/mol. The first-order chi connectivity index (χ1) is 32.8. The lowest BCUT2D eigenvalue weighted by molar-refractivity contribution is 0.455. The fourth-order valence-corrected chi connectivity index (χ4v) is 9.05. The molecule has 344 valence electrons. The van der Waals surface area contributed by atoms with Gasteiger partial charge >= 0.3 is 11.4 Å². The van der Waals surface area contributed by atoms with E-state index in [4.69, 9.17) is 55.9 Å². The zero-order valence-electron chi connectivity index (χ0n) is 35.2. The van der Waals surface area contributed by atoms with E-state index in [1.807, 2.05) is 18.2 Å². The molecule has 0 fully saturated rings. The molecule has 22 heteroatoms. The minimum atomic E-state index is -0.745. The normalized spacial score (nSPS) is 12.9. The molecule has 10 rings (SSSR count). The number of rotatable bonds is 8. The first kappa shape index (κ1) is 45.8. The van der Waals surface area contributed by atoms with E-state index < -0.39 is 22.5 Å². The zero-order chi connectivity index (χ0) is 47.6. The van der Waals surface area contributed by atoms with E-state index in [1.165, 1.54) is 71.5 Å². The molecular formula is C46H34Cl4N10O8. The van der Waals surface area contributed by atoms with Crippen molar-refractivity contribution in [3.8, 4) is 56.9 Å². The lowest BCUT2D eigenvalue weighted by Gasteiger charge is -2.17. The summed E-state index contributed by atoms with van der Waals surface area (Å²) >= 11 is 25.6. The predicted molar refractivity (Wildman–Crippen MR) is 255 cm³/mol. The number of hydrogen-bond donors (Lipinski definition) is 4. The van der Waals surface area contributed by atoms with Crippen LogP contribution in [0.3, 0.4) is 0 Å². The molecule has 2 aliphatic rings. The standard InChI is InChI=1S/2C23H17Cl2N5O4/c24-17-8-15(30-23(33)27-19(31)11-26-30)9-18(25)21(17)34-20-10-16(22(32)29-28-20)14-6-5-12-3-1-2-4-13(12)7-14;24-17-8-15(30-23(33)27-20(32)11-26-30)9-18(25)21(17)34-22-16(10-19(31)28-29-22)14-6-5-12-3-1-2-4-13(12)7-14/h5-11H,1-4H2,(H,29,32)(H,27,31,33);5-11H,1-4H2,(H,28,31)(H,27,32,33). The Morgan fingerprint density at radius 1 is 0.485 bits per heavy atom. The van der Waals surface area contributed by atoms with Crippen molar-refractivity contribution in [2.45, 2.75) is 51.4 Å². The maximum Gasteiger partial charge on any atom is 0.349 e. The smallest absolute Gasteiger partial charge is 0.349 e. The van der Waals surface area contributed by atoms with Crippen LogP contribution in [0.25, 0.3) is 33.6 Å². The summed E-state index contributed by atoms with van der Waals surface area (Å²) in [6.45, 7) is 0. The van der Waals surface area contributed by atoms with Crippen molar-refractivity contribution in [2.75, 3.05) is 0 Å². The summed E-state index contributed by atoms with van der Waals surface area (Å²) in [5.74, 6) is 0.373. The van der Waals surface area contributed by atoms with Gasteiger partial charge in [0, 0.05) is 12.1 Å². The number of benzene rings is 4. The maximum absolute atomic E-state index is 12.5. The Kier molecular flexibility index (Phi) is 13.1. The molecule has 0 radical (unpaired) electrons. The van der Waals surface area contributed by atoms with E-state index in [0.717, 1.165) is 71.4 Å². The first-order valence-electron chi connectivity index (χ1n) is 20.9. The number of halogens is 4. The number of fused-ring (bicyclic) bond motifs is 2. The molecule has 2 aliphatic carbocycles. The van der Waals surface area contributed by atoms with E-state index >= 15 is 0 Å². The molecule has 0 bridgehead atoms. The lowest BCUT2D eigenvalue weighted by Crippen LogP contribution is -2.30. The summed E-state index contributed by atoms with van der Waals surface area (Å²) in [4.78, 5) is 75.4. The Hall–Kier alpha value is -7.38. The van der Waals surface area contributed by atoms with Gasteiger partial charge < -0.3 is 9.47 Å². The summed E-state index contributed by atoms with van der Waals surface area (Å²) in [5.41, 5.74) is 4.56. The van der Waals surface area contributed by atoms with Crippen LogP contribution in [0.5, 0.6) is 23.3 Å². The highest BCUT2D eigenvalue weighted by molar-refractivity contribution is 6.38. The third kappa shape index (κ3) is 9.84. The predicted octanol–water partition coefficient (Wildman–Crippen LogP) is 7.30. The van der Waals surface area contributed by atoms with E-state index in [9.17, 15) is 28.8 Å². The SMILES string of the molecule is O=c1cc(-c2ccc3c(c2)CCCC3)c(Oc2c(Cl)cc(-n3ncc(=O)[nH]c3=O)cc2Cl)n[nH]1.O=c1cnn(-c2cc(Cl)c(Oc3cc(-c4ccc5c(c4)CCCC5)c(=O)[nH]n3)c(Cl)c2)c(=O)[nH]1. The Labute approximate surface area is 402 Å². The van der Waals surface area contributed by atoms with Crippen LogP contribution in [0.15, 0.2) is 114 Å². The number of nitrogens with one attached hydrogen (secondary N) is 4.